The van der Waals surface area contributed by atoms with Crippen LogP contribution in [0, 0.1) is 6.92 Å². The Kier molecular flexibility index (Phi) is 5.99. The zero-order valence-corrected chi connectivity index (χ0v) is 16.9. The van der Waals surface area contributed by atoms with E-state index in [1.807, 2.05) is 38.2 Å². The van der Waals surface area contributed by atoms with Crippen molar-refractivity contribution in [2.75, 3.05) is 20.4 Å². The van der Waals surface area contributed by atoms with Crippen LogP contribution in [-0.2, 0) is 28.2 Å². The summed E-state index contributed by atoms with van der Waals surface area (Å²) in [5.41, 5.74) is 3.45. The number of rotatable bonds is 8. The highest BCUT2D eigenvalue weighted by Gasteiger charge is 2.24. The monoisotopic (exact) mass is 386 g/mol. The number of nitrogens with zero attached hydrogens (tertiary/aromatic N) is 2. The van der Waals surface area contributed by atoms with Crippen molar-refractivity contribution < 1.29 is 13.2 Å². The summed E-state index contributed by atoms with van der Waals surface area (Å²) in [6, 6.07) is 15.2. The van der Waals surface area contributed by atoms with E-state index in [2.05, 4.69) is 22.9 Å². The molecule has 1 heterocycles. The van der Waals surface area contributed by atoms with Gasteiger partial charge in [-0.25, -0.2) is 8.42 Å². The van der Waals surface area contributed by atoms with Gasteiger partial charge in [0.2, 0.25) is 10.0 Å². The molecule has 0 bridgehead atoms. The zero-order valence-electron chi connectivity index (χ0n) is 16.1. The summed E-state index contributed by atoms with van der Waals surface area (Å²) < 4.78 is 34.5. The molecule has 0 N–H and O–H groups in total. The lowest BCUT2D eigenvalue weighted by Crippen LogP contribution is -2.34. The minimum atomic E-state index is -3.57. The van der Waals surface area contributed by atoms with Gasteiger partial charge in [-0.2, -0.15) is 4.31 Å². The van der Waals surface area contributed by atoms with Crippen LogP contribution in [0.1, 0.15) is 17.5 Å². The highest BCUT2D eigenvalue weighted by atomic mass is 32.2. The molecule has 0 aliphatic rings. The smallest absolute Gasteiger partial charge is 0.245 e. The molecule has 0 spiro atoms. The number of ether oxygens (including phenoxy) is 1. The second-order valence-electron chi connectivity index (χ2n) is 6.80. The number of para-hydroxylation sites is 1. The Balaban J connectivity index is 1.74. The molecule has 144 valence electrons. The van der Waals surface area contributed by atoms with Crippen molar-refractivity contribution in [3.8, 4) is 0 Å². The van der Waals surface area contributed by atoms with E-state index in [9.17, 15) is 8.42 Å². The Labute approximate surface area is 161 Å². The number of sulfonamides is 1. The molecule has 6 heteroatoms. The Morgan fingerprint density at radius 3 is 2.48 bits per heavy atom. The van der Waals surface area contributed by atoms with Crippen LogP contribution in [0.15, 0.2) is 59.6 Å². The summed E-state index contributed by atoms with van der Waals surface area (Å²) in [6.07, 6.45) is 3.66. The van der Waals surface area contributed by atoms with Gasteiger partial charge in [-0.15, -0.1) is 0 Å². The average Bonchev–Trinajstić information content (AvgIpc) is 2.98. The first-order chi connectivity index (χ1) is 12.9. The van der Waals surface area contributed by atoms with Crippen LogP contribution in [-0.4, -0.2) is 37.7 Å². The number of fused-ring (bicyclic) bond motifs is 1. The number of hydrogen-bond acceptors (Lipinski definition) is 3. The summed E-state index contributed by atoms with van der Waals surface area (Å²) in [4.78, 5) is 0.301. The van der Waals surface area contributed by atoms with Gasteiger partial charge >= 0.3 is 0 Å². The summed E-state index contributed by atoms with van der Waals surface area (Å²) in [6.45, 7) is 2.40. The van der Waals surface area contributed by atoms with Gasteiger partial charge in [-0.1, -0.05) is 35.9 Å². The van der Waals surface area contributed by atoms with Gasteiger partial charge in [0.15, 0.2) is 0 Å². The topological polar surface area (TPSA) is 51.5 Å². The maximum atomic E-state index is 12.9. The molecule has 3 rings (SSSR count). The van der Waals surface area contributed by atoms with Gasteiger partial charge < -0.3 is 9.30 Å². The van der Waals surface area contributed by atoms with E-state index in [0.717, 1.165) is 18.4 Å². The van der Waals surface area contributed by atoms with Crippen molar-refractivity contribution in [1.29, 1.82) is 0 Å². The predicted octanol–water partition coefficient (Wildman–Crippen LogP) is 3.71. The normalized spacial score (nSPS) is 12.1. The van der Waals surface area contributed by atoms with E-state index >= 15 is 0 Å². The van der Waals surface area contributed by atoms with Crippen LogP contribution in [0.5, 0.6) is 0 Å². The number of aromatic nitrogens is 1. The minimum absolute atomic E-state index is 0.0474. The van der Waals surface area contributed by atoms with Crippen LogP contribution in [0.3, 0.4) is 0 Å². The molecule has 0 radical (unpaired) electrons. The lowest BCUT2D eigenvalue weighted by molar-refractivity contribution is 0.116. The SMILES string of the molecule is COCN(CCCc1cn(C)c2ccccc12)S(=O)(=O)c1ccc(C)cc1. The third-order valence-corrected chi connectivity index (χ3v) is 6.60. The molecular formula is C21H26N2O3S. The Morgan fingerprint density at radius 1 is 1.07 bits per heavy atom. The van der Waals surface area contributed by atoms with Crippen molar-refractivity contribution in [3.05, 3.63) is 65.9 Å². The molecule has 0 unspecified atom stereocenters. The van der Waals surface area contributed by atoms with Gasteiger partial charge in [0.05, 0.1) is 4.90 Å². The highest BCUT2D eigenvalue weighted by molar-refractivity contribution is 7.89. The molecule has 3 aromatic rings. The largest absolute Gasteiger partial charge is 0.368 e. The standard InChI is InChI=1S/C21H26N2O3S/c1-17-10-12-19(13-11-17)27(24,25)23(16-26-3)14-6-7-18-15-22(2)21-9-5-4-8-20(18)21/h4-5,8-13,15H,6-7,14,16H2,1-3H3. The summed E-state index contributed by atoms with van der Waals surface area (Å²) >= 11 is 0. The molecular weight excluding hydrogens is 360 g/mol. The number of methoxy groups -OCH3 is 1. The fourth-order valence-corrected chi connectivity index (χ4v) is 4.72. The van der Waals surface area contributed by atoms with Crippen molar-refractivity contribution >= 4 is 20.9 Å². The lowest BCUT2D eigenvalue weighted by atomic mass is 10.1. The Bertz CT molecular complexity index is 1010. The van der Waals surface area contributed by atoms with E-state index in [1.54, 1.807) is 12.1 Å². The third kappa shape index (κ3) is 4.24. The Hall–Kier alpha value is -2.15. The number of hydrogen-bond donors (Lipinski definition) is 0. The van der Waals surface area contributed by atoms with E-state index in [1.165, 1.54) is 27.9 Å². The molecule has 0 amide bonds. The molecule has 5 nitrogen and oxygen atoms in total. The summed E-state index contributed by atoms with van der Waals surface area (Å²) in [7, 11) is -0.0197. The van der Waals surface area contributed by atoms with Gasteiger partial charge in [0.1, 0.15) is 6.73 Å². The summed E-state index contributed by atoms with van der Waals surface area (Å²) in [5.74, 6) is 0. The third-order valence-electron chi connectivity index (χ3n) is 4.76. The predicted molar refractivity (Wildman–Crippen MR) is 108 cm³/mol. The quantitative estimate of drug-likeness (QED) is 0.555. The lowest BCUT2D eigenvalue weighted by Gasteiger charge is -2.21. The van der Waals surface area contributed by atoms with Gasteiger partial charge in [0.25, 0.3) is 0 Å². The zero-order chi connectivity index (χ0) is 19.4. The maximum absolute atomic E-state index is 12.9. The second-order valence-corrected chi connectivity index (χ2v) is 8.74. The van der Waals surface area contributed by atoms with E-state index in [4.69, 9.17) is 4.74 Å². The Morgan fingerprint density at radius 2 is 1.78 bits per heavy atom. The highest BCUT2D eigenvalue weighted by Crippen LogP contribution is 2.22. The van der Waals surface area contributed by atoms with Crippen LogP contribution in [0.2, 0.25) is 0 Å². The fourth-order valence-electron chi connectivity index (χ4n) is 3.33. The number of benzene rings is 2. The van der Waals surface area contributed by atoms with E-state index in [0.29, 0.717) is 11.4 Å². The first-order valence-corrected chi connectivity index (χ1v) is 10.5. The van der Waals surface area contributed by atoms with Gasteiger partial charge in [-0.05, 0) is 43.5 Å². The molecule has 0 fully saturated rings. The fraction of sp³-hybridized carbons (Fsp3) is 0.333. The van der Waals surface area contributed by atoms with Gasteiger partial charge in [-0.3, -0.25) is 0 Å². The first-order valence-electron chi connectivity index (χ1n) is 9.02. The van der Waals surface area contributed by atoms with Gasteiger partial charge in [0, 0.05) is 37.8 Å². The van der Waals surface area contributed by atoms with Crippen LogP contribution < -0.4 is 0 Å². The minimum Gasteiger partial charge on any atom is -0.368 e. The van der Waals surface area contributed by atoms with Crippen LogP contribution >= 0.6 is 0 Å². The first kappa shape index (κ1) is 19.6. The molecule has 0 aliphatic carbocycles. The molecule has 0 saturated carbocycles. The molecule has 27 heavy (non-hydrogen) atoms. The van der Waals surface area contributed by atoms with Crippen molar-refractivity contribution in [3.63, 3.8) is 0 Å². The number of aryl methyl sites for hydroxylation is 3. The average molecular weight is 387 g/mol. The van der Waals surface area contributed by atoms with Crippen LogP contribution in [0.4, 0.5) is 0 Å². The van der Waals surface area contributed by atoms with Crippen molar-refractivity contribution in [2.24, 2.45) is 7.05 Å². The summed E-state index contributed by atoms with van der Waals surface area (Å²) in [5, 5.41) is 1.22. The molecule has 0 aliphatic heterocycles. The molecule has 1 aromatic heterocycles. The van der Waals surface area contributed by atoms with E-state index < -0.39 is 10.0 Å². The maximum Gasteiger partial charge on any atom is 0.245 e. The van der Waals surface area contributed by atoms with Crippen LogP contribution in [0.25, 0.3) is 10.9 Å². The molecule has 0 saturated heterocycles. The molecule has 2 aromatic carbocycles. The second kappa shape index (κ2) is 8.25. The van der Waals surface area contributed by atoms with Crippen molar-refractivity contribution in [1.82, 2.24) is 8.87 Å². The van der Waals surface area contributed by atoms with Crippen molar-refractivity contribution in [2.45, 2.75) is 24.7 Å². The van der Waals surface area contributed by atoms with E-state index in [-0.39, 0.29) is 6.73 Å². The molecule has 0 atom stereocenters.